The summed E-state index contributed by atoms with van der Waals surface area (Å²) in [5.41, 5.74) is 5.91. The van der Waals surface area contributed by atoms with Crippen LogP contribution in [-0.2, 0) is 4.74 Å². The lowest BCUT2D eigenvalue weighted by Crippen LogP contribution is -2.40. The molecule has 0 atom stereocenters. The van der Waals surface area contributed by atoms with E-state index in [4.69, 9.17) is 33.7 Å². The van der Waals surface area contributed by atoms with Crippen molar-refractivity contribution in [1.29, 1.82) is 0 Å². The van der Waals surface area contributed by atoms with Gasteiger partial charge in [0.25, 0.3) is 0 Å². The summed E-state index contributed by atoms with van der Waals surface area (Å²) in [4.78, 5) is 15.9. The van der Waals surface area contributed by atoms with E-state index in [1.165, 1.54) is 19.2 Å². The number of aromatic hydroxyl groups is 2. The zero-order chi connectivity index (χ0) is 18.5. The Labute approximate surface area is 146 Å². The van der Waals surface area contributed by atoms with Gasteiger partial charge in [-0.05, 0) is 12.1 Å². The van der Waals surface area contributed by atoms with E-state index < -0.39 is 17.5 Å². The minimum Gasteiger partial charge on any atom is -0.505 e. The molecule has 6 radical (unpaired) electrons. The maximum Gasteiger partial charge on any atom is 0.340 e. The molecule has 118 valence electrons. The highest BCUT2D eigenvalue weighted by Crippen LogP contribution is 2.34. The van der Waals surface area contributed by atoms with Crippen molar-refractivity contribution in [2.75, 3.05) is 12.8 Å². The summed E-state index contributed by atoms with van der Waals surface area (Å²) in [7, 11) is 18.4. The zero-order valence-corrected chi connectivity index (χ0v) is 13.0. The molecular formula is C15H9B3N2O5. The molecule has 2 aromatic carbocycles. The molecule has 0 fully saturated rings. The smallest absolute Gasteiger partial charge is 0.340 e. The molecule has 1 heterocycles. The summed E-state index contributed by atoms with van der Waals surface area (Å²) < 4.78 is 10.2. The predicted molar refractivity (Wildman–Crippen MR) is 94.7 cm³/mol. The van der Waals surface area contributed by atoms with Gasteiger partial charge in [-0.3, -0.25) is 0 Å². The minimum absolute atomic E-state index is 0.0922. The van der Waals surface area contributed by atoms with Crippen molar-refractivity contribution in [3.63, 3.8) is 0 Å². The van der Waals surface area contributed by atoms with E-state index >= 15 is 0 Å². The second-order valence-corrected chi connectivity index (χ2v) is 5.23. The number of anilines is 1. The van der Waals surface area contributed by atoms with Crippen LogP contribution >= 0.6 is 0 Å². The Morgan fingerprint density at radius 1 is 1.16 bits per heavy atom. The van der Waals surface area contributed by atoms with Crippen LogP contribution in [0.4, 0.5) is 5.69 Å². The summed E-state index contributed by atoms with van der Waals surface area (Å²) >= 11 is 0. The van der Waals surface area contributed by atoms with Crippen LogP contribution in [0.2, 0.25) is 0 Å². The van der Waals surface area contributed by atoms with Crippen molar-refractivity contribution in [3.05, 3.63) is 17.7 Å². The van der Waals surface area contributed by atoms with Gasteiger partial charge >= 0.3 is 5.97 Å². The van der Waals surface area contributed by atoms with Crippen LogP contribution in [0.3, 0.4) is 0 Å². The third-order valence-corrected chi connectivity index (χ3v) is 3.74. The fourth-order valence-electron chi connectivity index (χ4n) is 2.38. The van der Waals surface area contributed by atoms with Crippen LogP contribution in [0.1, 0.15) is 10.4 Å². The number of carbonyl (C=O) groups is 1. The number of methoxy groups -OCH3 is 1. The van der Waals surface area contributed by atoms with Gasteiger partial charge in [0.15, 0.2) is 11.3 Å². The van der Waals surface area contributed by atoms with Crippen molar-refractivity contribution in [1.82, 2.24) is 4.98 Å². The topological polar surface area (TPSA) is 119 Å². The van der Waals surface area contributed by atoms with E-state index in [0.717, 1.165) is 0 Å². The Bertz CT molecular complexity index is 1000. The molecule has 0 spiro atoms. The van der Waals surface area contributed by atoms with Gasteiger partial charge in [0, 0.05) is 5.69 Å². The number of esters is 1. The normalized spacial score (nSPS) is 10.9. The average Bonchev–Trinajstić information content (AvgIpc) is 2.99. The van der Waals surface area contributed by atoms with E-state index in [1.54, 1.807) is 0 Å². The Kier molecular flexibility index (Phi) is 3.90. The van der Waals surface area contributed by atoms with Gasteiger partial charge in [-0.2, -0.15) is 0 Å². The van der Waals surface area contributed by atoms with Gasteiger partial charge in [-0.1, -0.05) is 10.9 Å². The molecule has 0 amide bonds. The Hall–Kier alpha value is -3.03. The predicted octanol–water partition coefficient (Wildman–Crippen LogP) is -1.34. The maximum absolute atomic E-state index is 11.7. The number of phenols is 2. The summed E-state index contributed by atoms with van der Waals surface area (Å²) in [6.45, 7) is 0. The number of hydrogen-bond donors (Lipinski definition) is 3. The number of nitrogen functional groups attached to an aromatic ring is 1. The minimum atomic E-state index is -0.644. The molecule has 0 saturated carbocycles. The molecule has 3 rings (SSSR count). The van der Waals surface area contributed by atoms with E-state index in [0.29, 0.717) is 5.52 Å². The van der Waals surface area contributed by atoms with Crippen LogP contribution in [0.15, 0.2) is 16.5 Å². The number of fused-ring (bicyclic) bond motifs is 1. The number of benzene rings is 2. The highest BCUT2D eigenvalue weighted by Gasteiger charge is 2.22. The maximum atomic E-state index is 11.7. The van der Waals surface area contributed by atoms with E-state index in [2.05, 4.69) is 9.72 Å². The molecule has 10 heteroatoms. The number of hydrogen-bond acceptors (Lipinski definition) is 7. The SMILES string of the molecule is [B]c1c([B])c(O)c(O)c(-c2nc3cc(N)c(C(=O)OC)cc3o2)c1[B]. The van der Waals surface area contributed by atoms with Gasteiger partial charge < -0.3 is 25.1 Å². The summed E-state index contributed by atoms with van der Waals surface area (Å²) in [6, 6.07) is 2.75. The first-order valence-electron chi connectivity index (χ1n) is 6.93. The average molecular weight is 330 g/mol. The molecule has 25 heavy (non-hydrogen) atoms. The molecule has 3 aromatic rings. The van der Waals surface area contributed by atoms with E-state index in [-0.39, 0.29) is 44.7 Å². The number of carbonyl (C=O) groups excluding carboxylic acids is 1. The van der Waals surface area contributed by atoms with Gasteiger partial charge in [-0.15, -0.1) is 5.46 Å². The number of ether oxygens (including phenoxy) is 1. The second-order valence-electron chi connectivity index (χ2n) is 5.23. The fourth-order valence-corrected chi connectivity index (χ4v) is 2.38. The number of aromatic nitrogens is 1. The summed E-state index contributed by atoms with van der Waals surface area (Å²) in [6.07, 6.45) is 0. The highest BCUT2D eigenvalue weighted by atomic mass is 16.5. The molecule has 0 unspecified atom stereocenters. The molecular weight excluding hydrogens is 321 g/mol. The molecule has 1 aromatic heterocycles. The van der Waals surface area contributed by atoms with Gasteiger partial charge in [0.1, 0.15) is 34.8 Å². The molecule has 0 aliphatic carbocycles. The first-order valence-corrected chi connectivity index (χ1v) is 6.93. The lowest BCUT2D eigenvalue weighted by molar-refractivity contribution is 0.0602. The second kappa shape index (κ2) is 5.80. The largest absolute Gasteiger partial charge is 0.505 e. The van der Waals surface area contributed by atoms with E-state index in [1.807, 2.05) is 0 Å². The van der Waals surface area contributed by atoms with Gasteiger partial charge in [0.05, 0.1) is 18.2 Å². The Morgan fingerprint density at radius 2 is 1.84 bits per heavy atom. The molecule has 4 N–H and O–H groups in total. The fraction of sp³-hybridized carbons (Fsp3) is 0.0667. The zero-order valence-electron chi connectivity index (χ0n) is 13.0. The number of rotatable bonds is 2. The van der Waals surface area contributed by atoms with Gasteiger partial charge in [0.2, 0.25) is 5.89 Å². The monoisotopic (exact) mass is 330 g/mol. The standard InChI is InChI=1S/C15H9B3N2O5/c1-24-15(23)4-2-7-6(3-5(4)19)20-14(25-7)8-9(16)10(17)11(18)13(22)12(8)21/h2-3,21-22H,19H2,1H3. The van der Waals surface area contributed by atoms with Crippen molar-refractivity contribution in [2.45, 2.75) is 0 Å². The lowest BCUT2D eigenvalue weighted by atomic mass is 9.69. The molecule has 0 aliphatic heterocycles. The molecule has 0 saturated heterocycles. The van der Waals surface area contributed by atoms with Crippen molar-refractivity contribution >= 4 is 62.7 Å². The third kappa shape index (κ3) is 2.50. The lowest BCUT2D eigenvalue weighted by Gasteiger charge is -2.14. The van der Waals surface area contributed by atoms with Gasteiger partial charge in [-0.25, -0.2) is 9.78 Å². The van der Waals surface area contributed by atoms with Crippen molar-refractivity contribution in [3.8, 4) is 23.0 Å². The van der Waals surface area contributed by atoms with Crippen LogP contribution in [0.25, 0.3) is 22.6 Å². The van der Waals surface area contributed by atoms with Crippen LogP contribution in [0, 0.1) is 0 Å². The molecule has 0 bridgehead atoms. The van der Waals surface area contributed by atoms with Crippen LogP contribution in [0.5, 0.6) is 11.5 Å². The number of nitrogens with zero attached hydrogens (tertiary/aromatic N) is 1. The van der Waals surface area contributed by atoms with Crippen LogP contribution in [-0.4, -0.2) is 51.8 Å². The van der Waals surface area contributed by atoms with Crippen molar-refractivity contribution < 1.29 is 24.2 Å². The molecule has 7 nitrogen and oxygen atoms in total. The van der Waals surface area contributed by atoms with Crippen LogP contribution < -0.4 is 22.1 Å². The number of oxazole rings is 1. The summed E-state index contributed by atoms with van der Waals surface area (Å²) in [5, 5.41) is 20.0. The Balaban J connectivity index is 2.27. The third-order valence-electron chi connectivity index (χ3n) is 3.74. The first-order chi connectivity index (χ1) is 11.8. The first kappa shape index (κ1) is 16.8. The van der Waals surface area contributed by atoms with Crippen molar-refractivity contribution in [2.24, 2.45) is 0 Å². The van der Waals surface area contributed by atoms with E-state index in [9.17, 15) is 15.0 Å². The quantitative estimate of drug-likeness (QED) is 0.230. The number of nitrogens with two attached hydrogens (primary N) is 1. The highest BCUT2D eigenvalue weighted by molar-refractivity contribution is 6.59. The Morgan fingerprint density at radius 3 is 2.48 bits per heavy atom. The number of phenolic OH excluding ortho intramolecular Hbond substituents is 2. The summed E-state index contributed by atoms with van der Waals surface area (Å²) in [5.74, 6) is -2.04. The molecule has 0 aliphatic rings.